The van der Waals surface area contributed by atoms with Crippen LogP contribution in [0.4, 0.5) is 0 Å². The number of methoxy groups -OCH3 is 3. The van der Waals surface area contributed by atoms with Gasteiger partial charge in [-0.3, -0.25) is 14.5 Å². The van der Waals surface area contributed by atoms with Gasteiger partial charge in [-0.05, 0) is 17.7 Å². The average Bonchev–Trinajstić information content (AvgIpc) is 2.87. The molecule has 0 radical (unpaired) electrons. The number of carbonyl (C=O) groups excluding carboxylic acids is 2. The summed E-state index contributed by atoms with van der Waals surface area (Å²) >= 11 is 0. The van der Waals surface area contributed by atoms with E-state index >= 15 is 0 Å². The number of benzene rings is 2. The van der Waals surface area contributed by atoms with Crippen LogP contribution < -0.4 is 24.8 Å². The maximum Gasteiger partial charge on any atom is 0.251 e. The highest BCUT2D eigenvalue weighted by Gasteiger charge is 2.23. The van der Waals surface area contributed by atoms with Crippen molar-refractivity contribution in [3.8, 4) is 17.2 Å². The average molecular weight is 458 g/mol. The summed E-state index contributed by atoms with van der Waals surface area (Å²) in [6, 6.07) is 13.2. The van der Waals surface area contributed by atoms with Gasteiger partial charge in [0.2, 0.25) is 11.7 Å². The van der Waals surface area contributed by atoms with Crippen LogP contribution in [0.2, 0.25) is 0 Å². The molecule has 1 saturated heterocycles. The Bertz CT molecular complexity index is 906. The number of rotatable bonds is 10. The fourth-order valence-corrected chi connectivity index (χ4v) is 3.77. The predicted octanol–water partition coefficient (Wildman–Crippen LogP) is 1.63. The van der Waals surface area contributed by atoms with E-state index in [0.29, 0.717) is 42.6 Å². The van der Waals surface area contributed by atoms with Gasteiger partial charge in [0, 0.05) is 25.2 Å². The molecule has 1 fully saturated rings. The Morgan fingerprint density at radius 3 is 2.18 bits per heavy atom. The molecule has 33 heavy (non-hydrogen) atoms. The van der Waals surface area contributed by atoms with Gasteiger partial charge in [0.15, 0.2) is 11.5 Å². The van der Waals surface area contributed by atoms with Crippen molar-refractivity contribution in [2.75, 3.05) is 60.7 Å². The van der Waals surface area contributed by atoms with Crippen molar-refractivity contribution in [3.05, 3.63) is 53.6 Å². The van der Waals surface area contributed by atoms with Gasteiger partial charge in [0.1, 0.15) is 0 Å². The standard InChI is InChI=1S/C24H31N3O6/c1-30-20-13-18(14-21(31-2)23(20)32-3)24(29)26-16-22(28)25-15-19(17-7-5-4-6-8-17)27-9-11-33-12-10-27/h4-8,13-14,19H,9-12,15-16H2,1-3H3,(H,25,28)(H,26,29)/t19-/m1/s1. The molecule has 2 amide bonds. The predicted molar refractivity (Wildman–Crippen MR) is 123 cm³/mol. The number of carbonyl (C=O) groups is 2. The lowest BCUT2D eigenvalue weighted by Crippen LogP contribution is -2.45. The molecule has 2 aromatic rings. The van der Waals surface area contributed by atoms with E-state index in [1.54, 1.807) is 12.1 Å². The highest BCUT2D eigenvalue weighted by Crippen LogP contribution is 2.38. The fraction of sp³-hybridized carbons (Fsp3) is 0.417. The molecule has 0 bridgehead atoms. The number of hydrogen-bond donors (Lipinski definition) is 2. The number of hydrogen-bond acceptors (Lipinski definition) is 7. The molecule has 178 valence electrons. The van der Waals surface area contributed by atoms with Crippen molar-refractivity contribution in [1.29, 1.82) is 0 Å². The molecule has 0 spiro atoms. The SMILES string of the molecule is COc1cc(C(=O)NCC(=O)NC[C@H](c2ccccc2)N2CCOCC2)cc(OC)c1OC. The number of nitrogens with one attached hydrogen (secondary N) is 2. The van der Waals surface area contributed by atoms with E-state index in [0.717, 1.165) is 18.7 Å². The zero-order valence-corrected chi connectivity index (χ0v) is 19.3. The highest BCUT2D eigenvalue weighted by atomic mass is 16.5. The highest BCUT2D eigenvalue weighted by molar-refractivity contribution is 5.97. The summed E-state index contributed by atoms with van der Waals surface area (Å²) in [5, 5.41) is 5.59. The third-order valence-corrected chi connectivity index (χ3v) is 5.50. The van der Waals surface area contributed by atoms with E-state index in [2.05, 4.69) is 27.7 Å². The zero-order valence-electron chi connectivity index (χ0n) is 19.3. The monoisotopic (exact) mass is 457 g/mol. The first-order valence-electron chi connectivity index (χ1n) is 10.8. The van der Waals surface area contributed by atoms with Crippen molar-refractivity contribution >= 4 is 11.8 Å². The van der Waals surface area contributed by atoms with Crippen LogP contribution in [-0.2, 0) is 9.53 Å². The molecular weight excluding hydrogens is 426 g/mol. The van der Waals surface area contributed by atoms with Crippen LogP contribution in [0.3, 0.4) is 0 Å². The third kappa shape index (κ3) is 6.36. The third-order valence-electron chi connectivity index (χ3n) is 5.50. The number of ether oxygens (including phenoxy) is 4. The minimum atomic E-state index is -0.419. The van der Waals surface area contributed by atoms with E-state index in [-0.39, 0.29) is 18.5 Å². The van der Waals surface area contributed by atoms with Gasteiger partial charge in [-0.15, -0.1) is 0 Å². The topological polar surface area (TPSA) is 98.4 Å². The Kier molecular flexibility index (Phi) is 8.91. The van der Waals surface area contributed by atoms with Crippen molar-refractivity contribution in [2.24, 2.45) is 0 Å². The summed E-state index contributed by atoms with van der Waals surface area (Å²) in [5.41, 5.74) is 1.42. The first kappa shape index (κ1) is 24.3. The van der Waals surface area contributed by atoms with E-state index < -0.39 is 5.91 Å². The Labute approximate surface area is 193 Å². The van der Waals surface area contributed by atoms with Gasteiger partial charge in [-0.1, -0.05) is 30.3 Å². The summed E-state index contributed by atoms with van der Waals surface area (Å²) in [6.07, 6.45) is 0. The van der Waals surface area contributed by atoms with Gasteiger partial charge in [-0.2, -0.15) is 0 Å². The normalized spacial score (nSPS) is 14.8. The number of nitrogens with zero attached hydrogens (tertiary/aromatic N) is 1. The maximum atomic E-state index is 12.6. The summed E-state index contributed by atoms with van der Waals surface area (Å²) in [5.74, 6) is 0.428. The zero-order chi connectivity index (χ0) is 23.6. The minimum Gasteiger partial charge on any atom is -0.493 e. The second-order valence-corrected chi connectivity index (χ2v) is 7.48. The lowest BCUT2D eigenvalue weighted by atomic mass is 10.0. The molecule has 0 aliphatic carbocycles. The van der Waals surface area contributed by atoms with E-state index in [4.69, 9.17) is 18.9 Å². The summed E-state index contributed by atoms with van der Waals surface area (Å²) in [6.45, 7) is 3.22. The van der Waals surface area contributed by atoms with Gasteiger partial charge >= 0.3 is 0 Å². The van der Waals surface area contributed by atoms with Gasteiger partial charge in [0.25, 0.3) is 5.91 Å². The van der Waals surface area contributed by atoms with Gasteiger partial charge in [-0.25, -0.2) is 0 Å². The van der Waals surface area contributed by atoms with Crippen LogP contribution in [0.15, 0.2) is 42.5 Å². The fourth-order valence-electron chi connectivity index (χ4n) is 3.77. The Morgan fingerprint density at radius 1 is 0.970 bits per heavy atom. The van der Waals surface area contributed by atoms with E-state index in [9.17, 15) is 9.59 Å². The first-order chi connectivity index (χ1) is 16.1. The quantitative estimate of drug-likeness (QED) is 0.560. The molecule has 3 rings (SSSR count). The van der Waals surface area contributed by atoms with Crippen LogP contribution in [0.5, 0.6) is 17.2 Å². The van der Waals surface area contributed by atoms with Gasteiger partial charge in [0.05, 0.1) is 47.1 Å². The van der Waals surface area contributed by atoms with Crippen LogP contribution in [0, 0.1) is 0 Å². The molecule has 0 unspecified atom stereocenters. The molecular formula is C24H31N3O6. The molecule has 0 saturated carbocycles. The molecule has 2 aromatic carbocycles. The molecule has 2 N–H and O–H groups in total. The summed E-state index contributed by atoms with van der Waals surface area (Å²) in [7, 11) is 4.44. The minimum absolute atomic E-state index is 0.0323. The molecule has 9 nitrogen and oxygen atoms in total. The van der Waals surface area contributed by atoms with Crippen LogP contribution in [0.1, 0.15) is 22.0 Å². The van der Waals surface area contributed by atoms with Crippen LogP contribution in [-0.4, -0.2) is 77.4 Å². The molecule has 9 heteroatoms. The Morgan fingerprint density at radius 2 is 1.61 bits per heavy atom. The van der Waals surface area contributed by atoms with Crippen molar-refractivity contribution < 1.29 is 28.5 Å². The smallest absolute Gasteiger partial charge is 0.251 e. The molecule has 1 atom stereocenters. The second kappa shape index (κ2) is 12.1. The molecule has 1 aliphatic heterocycles. The van der Waals surface area contributed by atoms with Crippen molar-refractivity contribution in [2.45, 2.75) is 6.04 Å². The van der Waals surface area contributed by atoms with Crippen molar-refractivity contribution in [1.82, 2.24) is 15.5 Å². The maximum absolute atomic E-state index is 12.6. The summed E-state index contributed by atoms with van der Waals surface area (Å²) < 4.78 is 21.3. The van der Waals surface area contributed by atoms with E-state index in [1.165, 1.54) is 21.3 Å². The lowest BCUT2D eigenvalue weighted by molar-refractivity contribution is -0.120. The van der Waals surface area contributed by atoms with Gasteiger partial charge < -0.3 is 29.6 Å². The lowest BCUT2D eigenvalue weighted by Gasteiger charge is -2.35. The largest absolute Gasteiger partial charge is 0.493 e. The number of morpholine rings is 1. The Balaban J connectivity index is 1.59. The second-order valence-electron chi connectivity index (χ2n) is 7.48. The van der Waals surface area contributed by atoms with E-state index in [1.807, 2.05) is 18.2 Å². The Hall–Kier alpha value is -3.30. The summed E-state index contributed by atoms with van der Waals surface area (Å²) in [4.78, 5) is 27.4. The van der Waals surface area contributed by atoms with Crippen LogP contribution >= 0.6 is 0 Å². The first-order valence-corrected chi connectivity index (χ1v) is 10.8. The van der Waals surface area contributed by atoms with Crippen molar-refractivity contribution in [3.63, 3.8) is 0 Å². The molecule has 0 aromatic heterocycles. The number of amides is 2. The molecule has 1 aliphatic rings. The van der Waals surface area contributed by atoms with Crippen LogP contribution in [0.25, 0.3) is 0 Å². The molecule has 1 heterocycles.